The molecule has 1 saturated heterocycles. The third-order valence-electron chi connectivity index (χ3n) is 8.04. The van der Waals surface area contributed by atoms with Crippen molar-refractivity contribution in [1.82, 2.24) is 14.9 Å². The summed E-state index contributed by atoms with van der Waals surface area (Å²) in [6, 6.07) is 15.6. The molecule has 1 aromatic carbocycles. The van der Waals surface area contributed by atoms with E-state index in [1.807, 2.05) is 36.1 Å². The van der Waals surface area contributed by atoms with Gasteiger partial charge in [0.05, 0.1) is 0 Å². The van der Waals surface area contributed by atoms with E-state index in [0.29, 0.717) is 41.4 Å². The molecule has 0 bridgehead atoms. The minimum Gasteiger partial charge on any atom is -0.455 e. The van der Waals surface area contributed by atoms with Crippen molar-refractivity contribution in [2.24, 2.45) is 5.92 Å². The van der Waals surface area contributed by atoms with Gasteiger partial charge in [-0.2, -0.15) is 0 Å². The number of anilines is 1. The summed E-state index contributed by atoms with van der Waals surface area (Å²) in [5.41, 5.74) is 1.75. The standard InChI is InChI=1S/C29H28N4O4/c1-3-33-17(2)22(18-8-5-4-6-9-18)13-19(27(33)35)14-24(34)21-12-20-15-29(37-26(20)31-16-21)23-10-7-11-30-25(23)32-28(29)36/h4-12,16-17,19,22H,3,13-15H2,1-2H3,(H,30,32,36)/t17-,19-,22-,29+/m1/s1. The van der Waals surface area contributed by atoms with Crippen LogP contribution in [0, 0.1) is 5.92 Å². The van der Waals surface area contributed by atoms with Gasteiger partial charge in [0.2, 0.25) is 17.4 Å². The van der Waals surface area contributed by atoms with Crippen molar-refractivity contribution >= 4 is 23.4 Å². The lowest BCUT2D eigenvalue weighted by Crippen LogP contribution is -2.50. The van der Waals surface area contributed by atoms with Crippen molar-refractivity contribution < 1.29 is 19.1 Å². The third kappa shape index (κ3) is 3.70. The van der Waals surface area contributed by atoms with Gasteiger partial charge in [0.1, 0.15) is 5.82 Å². The average Bonchev–Trinajstić information content (AvgIpc) is 3.43. The van der Waals surface area contributed by atoms with Crippen LogP contribution in [0.5, 0.6) is 5.88 Å². The van der Waals surface area contributed by atoms with E-state index in [4.69, 9.17) is 4.74 Å². The summed E-state index contributed by atoms with van der Waals surface area (Å²) in [6.45, 7) is 4.67. The van der Waals surface area contributed by atoms with Gasteiger partial charge in [-0.1, -0.05) is 30.3 Å². The summed E-state index contributed by atoms with van der Waals surface area (Å²) in [7, 11) is 0. The number of likely N-dealkylation sites (N-methyl/N-ethyl adjacent to an activating group) is 1. The maximum Gasteiger partial charge on any atom is 0.275 e. The summed E-state index contributed by atoms with van der Waals surface area (Å²) in [5.74, 6) is 0.187. The number of rotatable bonds is 5. The summed E-state index contributed by atoms with van der Waals surface area (Å²) in [4.78, 5) is 50.1. The first kappa shape index (κ1) is 23.3. The minimum atomic E-state index is -1.22. The number of pyridine rings is 2. The van der Waals surface area contributed by atoms with Crippen molar-refractivity contribution in [3.8, 4) is 5.88 Å². The highest BCUT2D eigenvalue weighted by molar-refractivity contribution is 6.05. The number of Topliss-reactive ketones (excluding diaryl/α,β-unsaturated/α-hetero) is 1. The number of amides is 2. The second kappa shape index (κ2) is 8.80. The Morgan fingerprint density at radius 2 is 1.97 bits per heavy atom. The summed E-state index contributed by atoms with van der Waals surface area (Å²) >= 11 is 0. The normalized spacial score (nSPS) is 26.0. The van der Waals surface area contributed by atoms with Crippen LogP contribution in [0.1, 0.15) is 59.7 Å². The van der Waals surface area contributed by atoms with E-state index in [9.17, 15) is 14.4 Å². The molecule has 4 atom stereocenters. The number of carbonyl (C=O) groups is 3. The number of hydrogen-bond acceptors (Lipinski definition) is 6. The molecule has 0 aliphatic carbocycles. The van der Waals surface area contributed by atoms with Crippen LogP contribution in [0.3, 0.4) is 0 Å². The topological polar surface area (TPSA) is 101 Å². The van der Waals surface area contributed by atoms with Crippen LogP contribution in [0.15, 0.2) is 60.9 Å². The lowest BCUT2D eigenvalue weighted by Gasteiger charge is -2.42. The van der Waals surface area contributed by atoms with Crippen molar-refractivity contribution in [3.05, 3.63) is 83.2 Å². The molecule has 5 heterocycles. The van der Waals surface area contributed by atoms with E-state index < -0.39 is 11.5 Å². The Morgan fingerprint density at radius 1 is 1.16 bits per heavy atom. The Kier molecular flexibility index (Phi) is 5.55. The van der Waals surface area contributed by atoms with Gasteiger partial charge < -0.3 is 15.0 Å². The fourth-order valence-corrected chi connectivity index (χ4v) is 6.10. The van der Waals surface area contributed by atoms with Gasteiger partial charge in [0.15, 0.2) is 5.78 Å². The number of piperidine rings is 1. The first-order valence-corrected chi connectivity index (χ1v) is 12.7. The third-order valence-corrected chi connectivity index (χ3v) is 8.04. The second-order valence-corrected chi connectivity index (χ2v) is 10.1. The molecule has 37 heavy (non-hydrogen) atoms. The summed E-state index contributed by atoms with van der Waals surface area (Å²) < 4.78 is 6.06. The number of nitrogens with one attached hydrogen (secondary N) is 1. The highest BCUT2D eigenvalue weighted by Gasteiger charge is 2.54. The molecule has 6 rings (SSSR count). The molecule has 0 radical (unpaired) electrons. The van der Waals surface area contributed by atoms with E-state index in [2.05, 4.69) is 34.3 Å². The van der Waals surface area contributed by atoms with Gasteiger partial charge in [-0.05, 0) is 44.0 Å². The zero-order valence-corrected chi connectivity index (χ0v) is 20.8. The Bertz CT molecular complexity index is 1410. The maximum absolute atomic E-state index is 13.4. The van der Waals surface area contributed by atoms with Crippen molar-refractivity contribution in [1.29, 1.82) is 0 Å². The number of aromatic nitrogens is 2. The van der Waals surface area contributed by atoms with Gasteiger partial charge in [-0.15, -0.1) is 0 Å². The predicted molar refractivity (Wildman–Crippen MR) is 136 cm³/mol. The van der Waals surface area contributed by atoms with Crippen molar-refractivity contribution in [3.63, 3.8) is 0 Å². The smallest absolute Gasteiger partial charge is 0.275 e. The number of fused-ring (bicyclic) bond motifs is 3. The first-order chi connectivity index (χ1) is 17.9. The number of ether oxygens (including phenoxy) is 1. The molecule has 3 aliphatic heterocycles. The van der Waals surface area contributed by atoms with E-state index in [0.717, 1.165) is 0 Å². The van der Waals surface area contributed by atoms with Crippen LogP contribution in [0.2, 0.25) is 0 Å². The van der Waals surface area contributed by atoms with E-state index in [1.54, 1.807) is 18.3 Å². The predicted octanol–water partition coefficient (Wildman–Crippen LogP) is 3.87. The number of hydrogen-bond donors (Lipinski definition) is 1. The Labute approximate surface area is 215 Å². The lowest BCUT2D eigenvalue weighted by atomic mass is 9.77. The zero-order chi connectivity index (χ0) is 25.7. The fourth-order valence-electron chi connectivity index (χ4n) is 6.10. The van der Waals surface area contributed by atoms with Crippen molar-refractivity contribution in [2.75, 3.05) is 11.9 Å². The van der Waals surface area contributed by atoms with Gasteiger partial charge in [0, 0.05) is 66.3 Å². The molecular weight excluding hydrogens is 468 g/mol. The van der Waals surface area contributed by atoms with Gasteiger partial charge >= 0.3 is 0 Å². The van der Waals surface area contributed by atoms with E-state index in [1.165, 1.54) is 11.8 Å². The van der Waals surface area contributed by atoms with Crippen LogP contribution in [0.25, 0.3) is 0 Å². The average molecular weight is 497 g/mol. The highest BCUT2D eigenvalue weighted by atomic mass is 16.5. The molecule has 1 N–H and O–H groups in total. The largest absolute Gasteiger partial charge is 0.455 e. The number of ketones is 1. The maximum atomic E-state index is 13.4. The highest BCUT2D eigenvalue weighted by Crippen LogP contribution is 2.46. The van der Waals surface area contributed by atoms with Crippen LogP contribution < -0.4 is 10.1 Å². The molecule has 3 aliphatic rings. The molecule has 3 aromatic rings. The number of nitrogens with zero attached hydrogens (tertiary/aromatic N) is 3. The molecule has 1 spiro atoms. The van der Waals surface area contributed by atoms with Crippen LogP contribution >= 0.6 is 0 Å². The summed E-state index contributed by atoms with van der Waals surface area (Å²) in [5, 5.41) is 2.78. The fraction of sp³-hybridized carbons (Fsp3) is 0.345. The van der Waals surface area contributed by atoms with E-state index in [-0.39, 0.29) is 42.4 Å². The van der Waals surface area contributed by atoms with Crippen molar-refractivity contribution in [2.45, 2.75) is 50.7 Å². The molecular formula is C29H28N4O4. The van der Waals surface area contributed by atoms with Crippen LogP contribution in [-0.4, -0.2) is 45.1 Å². The quantitative estimate of drug-likeness (QED) is 0.538. The molecule has 8 heteroatoms. The monoisotopic (exact) mass is 496 g/mol. The van der Waals surface area contributed by atoms with Gasteiger partial charge in [-0.25, -0.2) is 9.97 Å². The Morgan fingerprint density at radius 3 is 2.76 bits per heavy atom. The molecule has 8 nitrogen and oxygen atoms in total. The number of benzene rings is 1. The van der Waals surface area contributed by atoms with E-state index >= 15 is 0 Å². The van der Waals surface area contributed by atoms with Gasteiger partial charge in [0.25, 0.3) is 5.91 Å². The molecule has 1 fully saturated rings. The molecule has 188 valence electrons. The first-order valence-electron chi connectivity index (χ1n) is 12.7. The number of likely N-dealkylation sites (tertiary alicyclic amines) is 1. The zero-order valence-electron chi connectivity index (χ0n) is 20.8. The molecule has 2 aromatic heterocycles. The van der Waals surface area contributed by atoms with Crippen LogP contribution in [0.4, 0.5) is 5.82 Å². The van der Waals surface area contributed by atoms with Gasteiger partial charge in [-0.3, -0.25) is 14.4 Å². The minimum absolute atomic E-state index is 0.0265. The molecule has 0 saturated carbocycles. The lowest BCUT2D eigenvalue weighted by molar-refractivity contribution is -0.142. The molecule has 2 amide bonds. The molecule has 0 unspecified atom stereocenters. The second-order valence-electron chi connectivity index (χ2n) is 10.1. The SMILES string of the molecule is CCN1C(=O)[C@@H](CC(=O)c2cnc3c(c2)C[C@@]2(O3)C(=O)Nc3ncccc32)C[C@@H](c2ccccc2)[C@H]1C. The Hall–Kier alpha value is -4.07. The van der Waals surface area contributed by atoms with Crippen LogP contribution in [-0.2, 0) is 21.6 Å². The summed E-state index contributed by atoms with van der Waals surface area (Å²) in [6.07, 6.45) is 4.11. The number of carbonyl (C=O) groups excluding carboxylic acids is 3. The Balaban J connectivity index is 1.23.